The minimum Gasteiger partial charge on any atom is -0.299 e. The number of nitrogens with one attached hydrogen (secondary N) is 1. The second-order valence-electron chi connectivity index (χ2n) is 8.59. The molecule has 2 fully saturated rings. The Labute approximate surface area is 165 Å². The molecule has 3 aliphatic rings. The average molecular weight is 383 g/mol. The normalized spacial score (nSPS) is 21.0. The lowest BCUT2D eigenvalue weighted by molar-refractivity contribution is 0.122. The quantitative estimate of drug-likeness (QED) is 0.821. The average Bonchev–Trinajstić information content (AvgIpc) is 3.46. The SMILES string of the molecule is O=c1cc2c(nn1CCN1CCN(Cc3cn[nH]c3C3CC3)CC1)CCCC2. The van der Waals surface area contributed by atoms with Crippen LogP contribution in [0.25, 0.3) is 0 Å². The molecule has 0 amide bonds. The van der Waals surface area contributed by atoms with Gasteiger partial charge in [-0.25, -0.2) is 4.68 Å². The summed E-state index contributed by atoms with van der Waals surface area (Å²) in [4.78, 5) is 17.3. The van der Waals surface area contributed by atoms with Gasteiger partial charge in [-0.15, -0.1) is 0 Å². The molecule has 3 heterocycles. The van der Waals surface area contributed by atoms with E-state index in [-0.39, 0.29) is 5.56 Å². The van der Waals surface area contributed by atoms with Crippen molar-refractivity contribution in [2.45, 2.75) is 57.5 Å². The fourth-order valence-electron chi connectivity index (χ4n) is 4.58. The monoisotopic (exact) mass is 382 g/mol. The largest absolute Gasteiger partial charge is 0.299 e. The molecule has 1 aliphatic heterocycles. The maximum atomic E-state index is 12.4. The topological polar surface area (TPSA) is 70.1 Å². The molecule has 1 saturated heterocycles. The third kappa shape index (κ3) is 3.91. The molecular formula is C21H30N6O. The van der Waals surface area contributed by atoms with Gasteiger partial charge in [0.1, 0.15) is 0 Å². The minimum atomic E-state index is 0.0619. The van der Waals surface area contributed by atoms with Gasteiger partial charge in [0.2, 0.25) is 0 Å². The molecule has 1 N–H and O–H groups in total. The number of hydrogen-bond acceptors (Lipinski definition) is 5. The highest BCUT2D eigenvalue weighted by Gasteiger charge is 2.28. The smallest absolute Gasteiger partial charge is 0.267 e. The molecule has 2 aromatic rings. The highest BCUT2D eigenvalue weighted by atomic mass is 16.1. The Balaban J connectivity index is 1.13. The maximum absolute atomic E-state index is 12.4. The van der Waals surface area contributed by atoms with Crippen LogP contribution in [-0.2, 0) is 25.9 Å². The van der Waals surface area contributed by atoms with Gasteiger partial charge < -0.3 is 0 Å². The van der Waals surface area contributed by atoms with E-state index in [1.54, 1.807) is 4.68 Å². The fourth-order valence-corrected chi connectivity index (χ4v) is 4.58. The molecule has 0 radical (unpaired) electrons. The lowest BCUT2D eigenvalue weighted by atomic mass is 9.97. The van der Waals surface area contributed by atoms with E-state index in [4.69, 9.17) is 0 Å². The predicted molar refractivity (Wildman–Crippen MR) is 107 cm³/mol. The number of nitrogens with zero attached hydrogens (tertiary/aromatic N) is 5. The van der Waals surface area contributed by atoms with E-state index >= 15 is 0 Å². The van der Waals surface area contributed by atoms with Gasteiger partial charge in [0, 0.05) is 62.5 Å². The van der Waals surface area contributed by atoms with Crippen molar-refractivity contribution in [1.29, 1.82) is 0 Å². The lowest BCUT2D eigenvalue weighted by Gasteiger charge is -2.34. The number of hydrogen-bond donors (Lipinski definition) is 1. The first kappa shape index (κ1) is 18.1. The molecule has 28 heavy (non-hydrogen) atoms. The van der Waals surface area contributed by atoms with Crippen LogP contribution in [0.5, 0.6) is 0 Å². The Hall–Kier alpha value is -1.99. The highest BCUT2D eigenvalue weighted by Crippen LogP contribution is 2.40. The summed E-state index contributed by atoms with van der Waals surface area (Å²) in [5, 5.41) is 12.1. The van der Waals surface area contributed by atoms with E-state index in [0.717, 1.165) is 63.7 Å². The summed E-state index contributed by atoms with van der Waals surface area (Å²) in [6.45, 7) is 6.84. The van der Waals surface area contributed by atoms with Gasteiger partial charge in [0.05, 0.1) is 18.4 Å². The van der Waals surface area contributed by atoms with Crippen molar-refractivity contribution in [2.75, 3.05) is 32.7 Å². The summed E-state index contributed by atoms with van der Waals surface area (Å²) >= 11 is 0. The van der Waals surface area contributed by atoms with E-state index in [9.17, 15) is 4.79 Å². The summed E-state index contributed by atoms with van der Waals surface area (Å²) in [5.74, 6) is 0.723. The van der Waals surface area contributed by atoms with Gasteiger partial charge in [0.25, 0.3) is 5.56 Å². The molecule has 0 aromatic carbocycles. The molecular weight excluding hydrogens is 352 g/mol. The number of H-pyrrole nitrogens is 1. The van der Waals surface area contributed by atoms with Gasteiger partial charge >= 0.3 is 0 Å². The van der Waals surface area contributed by atoms with Crippen molar-refractivity contribution in [3.05, 3.63) is 45.1 Å². The van der Waals surface area contributed by atoms with Crippen molar-refractivity contribution in [1.82, 2.24) is 29.8 Å². The van der Waals surface area contributed by atoms with Gasteiger partial charge in [-0.05, 0) is 44.1 Å². The highest BCUT2D eigenvalue weighted by molar-refractivity contribution is 5.24. The van der Waals surface area contributed by atoms with Crippen molar-refractivity contribution in [3.63, 3.8) is 0 Å². The van der Waals surface area contributed by atoms with E-state index in [2.05, 4.69) is 25.1 Å². The molecule has 5 rings (SSSR count). The molecule has 0 bridgehead atoms. The summed E-state index contributed by atoms with van der Waals surface area (Å²) in [7, 11) is 0. The summed E-state index contributed by atoms with van der Waals surface area (Å²) < 4.78 is 1.68. The zero-order chi connectivity index (χ0) is 18.9. The third-order valence-corrected chi connectivity index (χ3v) is 6.50. The number of piperazine rings is 1. The Bertz CT molecular complexity index is 875. The Morgan fingerprint density at radius 1 is 1.04 bits per heavy atom. The fraction of sp³-hybridized carbons (Fsp3) is 0.667. The Morgan fingerprint density at radius 2 is 1.82 bits per heavy atom. The molecule has 0 atom stereocenters. The zero-order valence-corrected chi connectivity index (χ0v) is 16.6. The summed E-state index contributed by atoms with van der Waals surface area (Å²) in [6.07, 6.45) is 9.03. The number of aryl methyl sites for hydroxylation is 2. The number of rotatable bonds is 6. The predicted octanol–water partition coefficient (Wildman–Crippen LogP) is 1.54. The first-order valence-electron chi connectivity index (χ1n) is 10.8. The van der Waals surface area contributed by atoms with Gasteiger partial charge in [0.15, 0.2) is 0 Å². The van der Waals surface area contributed by atoms with E-state index in [1.165, 1.54) is 42.5 Å². The van der Waals surface area contributed by atoms with E-state index in [1.807, 2.05) is 12.3 Å². The molecule has 0 spiro atoms. The molecule has 150 valence electrons. The molecule has 2 aliphatic carbocycles. The van der Waals surface area contributed by atoms with Crippen LogP contribution in [0.3, 0.4) is 0 Å². The first-order valence-corrected chi connectivity index (χ1v) is 10.8. The van der Waals surface area contributed by atoms with Crippen LogP contribution in [0.2, 0.25) is 0 Å². The van der Waals surface area contributed by atoms with Crippen LogP contribution in [-0.4, -0.2) is 62.5 Å². The first-order chi connectivity index (χ1) is 13.8. The Kier molecular flexibility index (Phi) is 5.03. The number of aromatic nitrogens is 4. The van der Waals surface area contributed by atoms with Crippen molar-refractivity contribution in [2.24, 2.45) is 0 Å². The number of fused-ring (bicyclic) bond motifs is 1. The zero-order valence-electron chi connectivity index (χ0n) is 16.6. The Morgan fingerprint density at radius 3 is 2.64 bits per heavy atom. The van der Waals surface area contributed by atoms with Crippen LogP contribution in [0, 0.1) is 0 Å². The second-order valence-corrected chi connectivity index (χ2v) is 8.59. The van der Waals surface area contributed by atoms with Crippen LogP contribution >= 0.6 is 0 Å². The van der Waals surface area contributed by atoms with Gasteiger partial charge in [-0.2, -0.15) is 10.2 Å². The van der Waals surface area contributed by atoms with Crippen LogP contribution in [0.4, 0.5) is 0 Å². The standard InChI is InChI=1S/C21H30N6O/c28-20-13-17-3-1-2-4-19(17)24-27(20)12-11-25-7-9-26(10-8-25)15-18-14-22-23-21(18)16-5-6-16/h13-14,16H,1-12,15H2,(H,22,23). The lowest BCUT2D eigenvalue weighted by Crippen LogP contribution is -2.47. The van der Waals surface area contributed by atoms with E-state index in [0.29, 0.717) is 6.54 Å². The summed E-state index contributed by atoms with van der Waals surface area (Å²) in [5.41, 5.74) is 5.11. The van der Waals surface area contributed by atoms with Crippen LogP contribution in [0.15, 0.2) is 17.1 Å². The van der Waals surface area contributed by atoms with Crippen LogP contribution in [0.1, 0.15) is 54.1 Å². The van der Waals surface area contributed by atoms with Crippen molar-refractivity contribution < 1.29 is 0 Å². The molecule has 1 saturated carbocycles. The summed E-state index contributed by atoms with van der Waals surface area (Å²) in [6, 6.07) is 1.82. The number of aromatic amines is 1. The minimum absolute atomic E-state index is 0.0619. The van der Waals surface area contributed by atoms with Crippen molar-refractivity contribution >= 4 is 0 Å². The molecule has 0 unspecified atom stereocenters. The van der Waals surface area contributed by atoms with Crippen molar-refractivity contribution in [3.8, 4) is 0 Å². The maximum Gasteiger partial charge on any atom is 0.267 e. The second kappa shape index (κ2) is 7.79. The third-order valence-electron chi connectivity index (χ3n) is 6.50. The van der Waals surface area contributed by atoms with Crippen LogP contribution < -0.4 is 5.56 Å². The molecule has 7 heteroatoms. The molecule has 2 aromatic heterocycles. The van der Waals surface area contributed by atoms with Gasteiger partial charge in [-0.3, -0.25) is 19.7 Å². The molecule has 7 nitrogen and oxygen atoms in total. The van der Waals surface area contributed by atoms with Gasteiger partial charge in [-0.1, -0.05) is 0 Å². The van der Waals surface area contributed by atoms with E-state index < -0.39 is 0 Å².